The number of ether oxygens (including phenoxy) is 1. The number of anilines is 1. The molecule has 2 aromatic carbocycles. The summed E-state index contributed by atoms with van der Waals surface area (Å²) < 4.78 is 7.07. The Labute approximate surface area is 168 Å². The van der Waals surface area contributed by atoms with Gasteiger partial charge in [-0.2, -0.15) is 5.10 Å². The van der Waals surface area contributed by atoms with Crippen LogP contribution in [0.5, 0.6) is 5.75 Å². The molecule has 2 heterocycles. The number of nitrogens with one attached hydrogen (secondary N) is 1. The van der Waals surface area contributed by atoms with E-state index >= 15 is 0 Å². The maximum atomic E-state index is 5.22. The van der Waals surface area contributed by atoms with E-state index in [9.17, 15) is 0 Å². The fraction of sp³-hybridized carbons (Fsp3) is 0.190. The number of nitrogens with zero attached hydrogens (tertiary/aromatic N) is 4. The van der Waals surface area contributed by atoms with Gasteiger partial charge in [0.15, 0.2) is 10.8 Å². The average Bonchev–Trinajstić information content (AvgIpc) is 3.17. The van der Waals surface area contributed by atoms with E-state index in [1.807, 2.05) is 53.5 Å². The summed E-state index contributed by atoms with van der Waals surface area (Å²) in [7, 11) is 1.67. The predicted molar refractivity (Wildman–Crippen MR) is 113 cm³/mol. The van der Waals surface area contributed by atoms with Gasteiger partial charge in [0, 0.05) is 6.54 Å². The molecule has 0 atom stereocenters. The first-order valence-electron chi connectivity index (χ1n) is 8.91. The molecule has 0 saturated carbocycles. The Bertz CT molecular complexity index is 1090. The largest absolute Gasteiger partial charge is 0.497 e. The van der Waals surface area contributed by atoms with Gasteiger partial charge in [-0.05, 0) is 43.0 Å². The first kappa shape index (κ1) is 18.3. The molecule has 142 valence electrons. The van der Waals surface area contributed by atoms with Crippen LogP contribution in [-0.4, -0.2) is 33.1 Å². The summed E-state index contributed by atoms with van der Waals surface area (Å²) in [5, 5.41) is 9.59. The minimum atomic E-state index is 0.652. The number of aryl methyl sites for hydroxylation is 1. The van der Waals surface area contributed by atoms with Gasteiger partial charge in [-0.15, -0.1) is 0 Å². The van der Waals surface area contributed by atoms with Gasteiger partial charge in [0.25, 0.3) is 0 Å². The van der Waals surface area contributed by atoms with Crippen LogP contribution in [0.4, 0.5) is 5.82 Å². The summed E-state index contributed by atoms with van der Waals surface area (Å²) in [4.78, 5) is 9.34. The molecule has 0 saturated heterocycles. The monoisotopic (exact) mass is 391 g/mol. The summed E-state index contributed by atoms with van der Waals surface area (Å²) >= 11 is 1.51. The van der Waals surface area contributed by atoms with Crippen molar-refractivity contribution in [3.8, 4) is 11.4 Å². The molecule has 28 heavy (non-hydrogen) atoms. The molecule has 0 spiro atoms. The maximum Gasteiger partial charge on any atom is 0.191 e. The van der Waals surface area contributed by atoms with Crippen molar-refractivity contribution in [3.05, 3.63) is 65.9 Å². The Morgan fingerprint density at radius 1 is 1.04 bits per heavy atom. The van der Waals surface area contributed by atoms with Gasteiger partial charge in [-0.3, -0.25) is 0 Å². The lowest BCUT2D eigenvalue weighted by molar-refractivity contribution is 0.414. The zero-order valence-corrected chi connectivity index (χ0v) is 16.8. The van der Waals surface area contributed by atoms with Gasteiger partial charge in [0.2, 0.25) is 0 Å². The highest BCUT2D eigenvalue weighted by Crippen LogP contribution is 2.26. The van der Waals surface area contributed by atoms with Gasteiger partial charge >= 0.3 is 0 Å². The van der Waals surface area contributed by atoms with Gasteiger partial charge in [-0.1, -0.05) is 41.6 Å². The number of aromatic nitrogens is 4. The minimum absolute atomic E-state index is 0.652. The molecule has 0 aliphatic rings. The number of benzene rings is 2. The minimum Gasteiger partial charge on any atom is -0.497 e. The predicted octanol–water partition coefficient (Wildman–Crippen LogP) is 4.47. The SMILES string of the molecule is COc1ccc(CNc2nc(SC)nc3c2cnn3-c2ccc(C)cc2)cc1. The number of methoxy groups -OCH3 is 1. The number of thioether (sulfide) groups is 1. The molecule has 0 fully saturated rings. The van der Waals surface area contributed by atoms with Crippen LogP contribution in [0.1, 0.15) is 11.1 Å². The van der Waals surface area contributed by atoms with E-state index in [1.165, 1.54) is 17.3 Å². The summed E-state index contributed by atoms with van der Waals surface area (Å²) in [6.45, 7) is 2.72. The van der Waals surface area contributed by atoms with E-state index in [-0.39, 0.29) is 0 Å². The molecule has 6 nitrogen and oxygen atoms in total. The summed E-state index contributed by atoms with van der Waals surface area (Å²) in [5.74, 6) is 1.63. The van der Waals surface area contributed by atoms with Crippen molar-refractivity contribution in [2.45, 2.75) is 18.6 Å². The lowest BCUT2D eigenvalue weighted by atomic mass is 10.2. The van der Waals surface area contributed by atoms with Gasteiger partial charge < -0.3 is 10.1 Å². The van der Waals surface area contributed by atoms with Crippen LogP contribution in [0.3, 0.4) is 0 Å². The lowest BCUT2D eigenvalue weighted by Crippen LogP contribution is -2.05. The highest BCUT2D eigenvalue weighted by molar-refractivity contribution is 7.98. The van der Waals surface area contributed by atoms with E-state index in [4.69, 9.17) is 4.74 Å². The summed E-state index contributed by atoms with van der Waals surface area (Å²) in [5.41, 5.74) is 4.12. The third kappa shape index (κ3) is 3.66. The van der Waals surface area contributed by atoms with Crippen molar-refractivity contribution in [1.29, 1.82) is 0 Å². The fourth-order valence-electron chi connectivity index (χ4n) is 2.92. The van der Waals surface area contributed by atoms with E-state index in [0.29, 0.717) is 11.7 Å². The van der Waals surface area contributed by atoms with Crippen LogP contribution in [0, 0.1) is 6.92 Å². The molecule has 4 aromatic rings. The second-order valence-electron chi connectivity index (χ2n) is 6.39. The second-order valence-corrected chi connectivity index (χ2v) is 7.16. The molecule has 7 heteroatoms. The van der Waals surface area contributed by atoms with Crippen LogP contribution in [0.2, 0.25) is 0 Å². The summed E-state index contributed by atoms with van der Waals surface area (Å²) in [6, 6.07) is 16.2. The van der Waals surface area contributed by atoms with E-state index in [1.54, 1.807) is 7.11 Å². The van der Waals surface area contributed by atoms with Crippen molar-refractivity contribution >= 4 is 28.6 Å². The van der Waals surface area contributed by atoms with Crippen LogP contribution >= 0.6 is 11.8 Å². The molecule has 0 bridgehead atoms. The molecule has 2 aromatic heterocycles. The van der Waals surface area contributed by atoms with Crippen LogP contribution in [0.15, 0.2) is 59.9 Å². The zero-order valence-electron chi connectivity index (χ0n) is 16.0. The smallest absolute Gasteiger partial charge is 0.191 e. The highest BCUT2D eigenvalue weighted by atomic mass is 32.2. The Morgan fingerprint density at radius 2 is 1.79 bits per heavy atom. The molecule has 0 aliphatic heterocycles. The van der Waals surface area contributed by atoms with Gasteiger partial charge in [0.1, 0.15) is 11.6 Å². The van der Waals surface area contributed by atoms with Gasteiger partial charge in [0.05, 0.1) is 24.4 Å². The maximum absolute atomic E-state index is 5.22. The number of rotatable bonds is 6. The van der Waals surface area contributed by atoms with Crippen LogP contribution in [-0.2, 0) is 6.54 Å². The highest BCUT2D eigenvalue weighted by Gasteiger charge is 2.14. The van der Waals surface area contributed by atoms with Gasteiger partial charge in [-0.25, -0.2) is 14.6 Å². The van der Waals surface area contributed by atoms with E-state index in [0.717, 1.165) is 33.9 Å². The first-order chi connectivity index (χ1) is 13.7. The molecule has 0 radical (unpaired) electrons. The van der Waals surface area contributed by atoms with Crippen LogP contribution < -0.4 is 10.1 Å². The fourth-order valence-corrected chi connectivity index (χ4v) is 3.28. The number of hydrogen-bond acceptors (Lipinski definition) is 6. The molecule has 0 aliphatic carbocycles. The number of hydrogen-bond donors (Lipinski definition) is 1. The quantitative estimate of drug-likeness (QED) is 0.387. The normalized spacial score (nSPS) is 11.0. The van der Waals surface area contributed by atoms with E-state index in [2.05, 4.69) is 39.4 Å². The molecular formula is C21H21N5OS. The Morgan fingerprint density at radius 3 is 2.46 bits per heavy atom. The van der Waals surface area contributed by atoms with Crippen molar-refractivity contribution < 1.29 is 4.74 Å². The van der Waals surface area contributed by atoms with Crippen molar-refractivity contribution in [3.63, 3.8) is 0 Å². The summed E-state index contributed by atoms with van der Waals surface area (Å²) in [6.07, 6.45) is 3.79. The molecule has 4 rings (SSSR count). The lowest BCUT2D eigenvalue weighted by Gasteiger charge is -2.10. The average molecular weight is 392 g/mol. The van der Waals surface area contributed by atoms with E-state index < -0.39 is 0 Å². The van der Waals surface area contributed by atoms with Crippen molar-refractivity contribution in [1.82, 2.24) is 19.7 Å². The van der Waals surface area contributed by atoms with Crippen molar-refractivity contribution in [2.24, 2.45) is 0 Å². The molecular weight excluding hydrogens is 370 g/mol. The third-order valence-corrected chi connectivity index (χ3v) is 5.04. The second kappa shape index (κ2) is 7.90. The standard InChI is InChI=1S/C21H21N5OS/c1-14-4-8-16(9-5-14)26-20-18(13-23-26)19(24-21(25-20)28-3)22-12-15-6-10-17(27-2)11-7-15/h4-11,13H,12H2,1-3H3,(H,22,24,25). The zero-order chi connectivity index (χ0) is 19.5. The van der Waals surface area contributed by atoms with Crippen LogP contribution in [0.25, 0.3) is 16.7 Å². The molecule has 0 unspecified atom stereocenters. The van der Waals surface area contributed by atoms with Crippen molar-refractivity contribution in [2.75, 3.05) is 18.7 Å². The Kier molecular flexibility index (Phi) is 5.16. The topological polar surface area (TPSA) is 64.9 Å². The Hall–Kier alpha value is -3.06. The molecule has 0 amide bonds. The Balaban J connectivity index is 1.68. The first-order valence-corrected chi connectivity index (χ1v) is 10.1. The molecule has 1 N–H and O–H groups in total. The number of fused-ring (bicyclic) bond motifs is 1. The third-order valence-electron chi connectivity index (χ3n) is 4.49.